The van der Waals surface area contributed by atoms with E-state index >= 15 is 0 Å². The molecule has 0 saturated carbocycles. The van der Waals surface area contributed by atoms with Crippen LogP contribution in [0.3, 0.4) is 0 Å². The van der Waals surface area contributed by atoms with Crippen molar-refractivity contribution in [2.75, 3.05) is 6.54 Å². The van der Waals surface area contributed by atoms with Crippen LogP contribution < -0.4 is 0 Å². The van der Waals surface area contributed by atoms with Crippen molar-refractivity contribution in [3.63, 3.8) is 0 Å². The molecule has 4 nitrogen and oxygen atoms in total. The molecule has 0 amide bonds. The van der Waals surface area contributed by atoms with Crippen molar-refractivity contribution in [3.05, 3.63) is 28.8 Å². The van der Waals surface area contributed by atoms with E-state index in [4.69, 9.17) is 0 Å². The number of aryl methyl sites for hydroxylation is 2. The number of hydrogen-bond donors (Lipinski definition) is 0. The molecule has 1 aromatic carbocycles. The number of sulfonamides is 1. The van der Waals surface area contributed by atoms with Crippen LogP contribution in [0.4, 0.5) is 0 Å². The lowest BCUT2D eigenvalue weighted by Gasteiger charge is -2.32. The zero-order valence-corrected chi connectivity index (χ0v) is 12.7. The Balaban J connectivity index is 2.25. The van der Waals surface area contributed by atoms with Gasteiger partial charge in [0.2, 0.25) is 10.0 Å². The van der Waals surface area contributed by atoms with E-state index in [1.54, 1.807) is 0 Å². The van der Waals surface area contributed by atoms with E-state index in [0.717, 1.165) is 24.0 Å². The molecule has 0 bridgehead atoms. The quantitative estimate of drug-likeness (QED) is 0.735. The first-order valence-corrected chi connectivity index (χ1v) is 8.50. The summed E-state index contributed by atoms with van der Waals surface area (Å²) in [6, 6.07) is 3.27. The molecule has 0 spiro atoms. The van der Waals surface area contributed by atoms with E-state index in [0.29, 0.717) is 23.4 Å². The molecule has 3 rings (SSSR count). The van der Waals surface area contributed by atoms with Crippen molar-refractivity contribution in [3.8, 4) is 0 Å². The van der Waals surface area contributed by atoms with Gasteiger partial charge in [-0.3, -0.25) is 4.79 Å². The number of carbonyl (C=O) groups is 1. The van der Waals surface area contributed by atoms with E-state index in [-0.39, 0.29) is 12.2 Å². The topological polar surface area (TPSA) is 54.5 Å². The minimum atomic E-state index is -3.55. The maximum Gasteiger partial charge on any atom is 0.244 e. The van der Waals surface area contributed by atoms with Crippen LogP contribution in [0.15, 0.2) is 17.0 Å². The zero-order chi connectivity index (χ0) is 14.5. The van der Waals surface area contributed by atoms with E-state index < -0.39 is 16.1 Å². The lowest BCUT2D eigenvalue weighted by atomic mass is 9.95. The van der Waals surface area contributed by atoms with Crippen molar-refractivity contribution in [2.45, 2.75) is 50.5 Å². The van der Waals surface area contributed by atoms with Gasteiger partial charge in [-0.2, -0.15) is 4.31 Å². The minimum absolute atomic E-state index is 0.0389. The van der Waals surface area contributed by atoms with Crippen molar-refractivity contribution in [1.29, 1.82) is 0 Å². The molecular formula is C15H19NO3S. The first-order chi connectivity index (χ1) is 9.41. The van der Waals surface area contributed by atoms with Gasteiger partial charge in [0.25, 0.3) is 0 Å². The van der Waals surface area contributed by atoms with Crippen molar-refractivity contribution in [1.82, 2.24) is 4.31 Å². The van der Waals surface area contributed by atoms with Gasteiger partial charge in [0.1, 0.15) is 0 Å². The molecule has 108 valence electrons. The van der Waals surface area contributed by atoms with Gasteiger partial charge in [-0.15, -0.1) is 0 Å². The van der Waals surface area contributed by atoms with Crippen molar-refractivity contribution >= 4 is 15.8 Å². The first-order valence-electron chi connectivity index (χ1n) is 7.06. The van der Waals surface area contributed by atoms with Crippen LogP contribution in [0.5, 0.6) is 0 Å². The molecule has 0 radical (unpaired) electrons. The number of rotatable bonds is 0. The fourth-order valence-electron chi connectivity index (χ4n) is 3.48. The molecule has 0 aliphatic carbocycles. The summed E-state index contributed by atoms with van der Waals surface area (Å²) in [5.74, 6) is 0.0389. The highest BCUT2D eigenvalue weighted by atomic mass is 32.2. The maximum absolute atomic E-state index is 12.9. The van der Waals surface area contributed by atoms with E-state index in [1.165, 1.54) is 4.31 Å². The second kappa shape index (κ2) is 4.67. The van der Waals surface area contributed by atoms with Gasteiger partial charge >= 0.3 is 0 Å². The fourth-order valence-corrected chi connectivity index (χ4v) is 5.57. The van der Waals surface area contributed by atoms with Gasteiger partial charge in [0.15, 0.2) is 5.78 Å². The summed E-state index contributed by atoms with van der Waals surface area (Å²) >= 11 is 0. The third-order valence-electron chi connectivity index (χ3n) is 4.25. The smallest absolute Gasteiger partial charge is 0.244 e. The monoisotopic (exact) mass is 293 g/mol. The van der Waals surface area contributed by atoms with Crippen LogP contribution in [0.25, 0.3) is 0 Å². The number of fused-ring (bicyclic) bond motifs is 2. The summed E-state index contributed by atoms with van der Waals surface area (Å²) in [4.78, 5) is 12.8. The molecule has 0 N–H and O–H groups in total. The first kappa shape index (κ1) is 13.8. The number of Topliss-reactive ketones (excluding diaryl/α,β-unsaturated/α-hetero) is 1. The summed E-state index contributed by atoms with van der Waals surface area (Å²) in [5, 5.41) is 0. The molecule has 1 saturated heterocycles. The molecule has 2 heterocycles. The van der Waals surface area contributed by atoms with Crippen LogP contribution in [0.2, 0.25) is 0 Å². The normalized spacial score (nSPS) is 25.7. The molecule has 2 aliphatic heterocycles. The summed E-state index contributed by atoms with van der Waals surface area (Å²) in [5.41, 5.74) is 2.42. The second-order valence-corrected chi connectivity index (χ2v) is 7.67. The lowest BCUT2D eigenvalue weighted by Crippen LogP contribution is -2.46. The van der Waals surface area contributed by atoms with Crippen LogP contribution in [0, 0.1) is 13.8 Å². The number of nitrogens with zero attached hydrogens (tertiary/aromatic N) is 1. The van der Waals surface area contributed by atoms with Crippen LogP contribution in [-0.4, -0.2) is 31.1 Å². The number of carbonyl (C=O) groups excluding carboxylic acids is 1. The lowest BCUT2D eigenvalue weighted by molar-refractivity contribution is -0.122. The summed E-state index contributed by atoms with van der Waals surface area (Å²) in [6.07, 6.45) is 2.66. The third-order valence-corrected chi connectivity index (χ3v) is 6.41. The fraction of sp³-hybridized carbons (Fsp3) is 0.533. The van der Waals surface area contributed by atoms with Gasteiger partial charge in [-0.05, 0) is 37.8 Å². The standard InChI is InChI=1S/C15H19NO3S/c1-10-7-11(2)15-12(8-10)9-14(17)13-5-3-4-6-16(13)20(15,18)19/h7-8,13H,3-6,9H2,1-2H3. The Morgan fingerprint density at radius 1 is 1.20 bits per heavy atom. The third kappa shape index (κ3) is 2.00. The largest absolute Gasteiger partial charge is 0.298 e. The van der Waals surface area contributed by atoms with E-state index in [1.807, 2.05) is 26.0 Å². The molecule has 0 aromatic heterocycles. The van der Waals surface area contributed by atoms with E-state index in [2.05, 4.69) is 0 Å². The van der Waals surface area contributed by atoms with Gasteiger partial charge in [-0.1, -0.05) is 24.1 Å². The highest BCUT2D eigenvalue weighted by Crippen LogP contribution is 2.34. The molecule has 1 atom stereocenters. The van der Waals surface area contributed by atoms with Crippen LogP contribution in [0.1, 0.15) is 36.0 Å². The predicted octanol–water partition coefficient (Wildman–Crippen LogP) is 1.97. The average Bonchev–Trinajstić information content (AvgIpc) is 2.44. The van der Waals surface area contributed by atoms with Crippen LogP contribution in [-0.2, 0) is 21.2 Å². The molecule has 1 unspecified atom stereocenters. The van der Waals surface area contributed by atoms with Gasteiger partial charge < -0.3 is 0 Å². The highest BCUT2D eigenvalue weighted by molar-refractivity contribution is 7.89. The van der Waals surface area contributed by atoms with E-state index in [9.17, 15) is 13.2 Å². The highest BCUT2D eigenvalue weighted by Gasteiger charge is 2.42. The number of benzene rings is 1. The number of piperidine rings is 1. The second-order valence-electron chi connectivity index (χ2n) is 5.84. The molecule has 1 aromatic rings. The molecular weight excluding hydrogens is 274 g/mol. The zero-order valence-electron chi connectivity index (χ0n) is 11.8. The van der Waals surface area contributed by atoms with Gasteiger partial charge in [-0.25, -0.2) is 8.42 Å². The Kier molecular flexibility index (Phi) is 3.21. The Bertz CT molecular complexity index is 679. The van der Waals surface area contributed by atoms with Crippen molar-refractivity contribution in [2.24, 2.45) is 0 Å². The Morgan fingerprint density at radius 3 is 2.70 bits per heavy atom. The Hall–Kier alpha value is -1.20. The maximum atomic E-state index is 12.9. The summed E-state index contributed by atoms with van der Waals surface area (Å²) in [6.45, 7) is 4.21. The SMILES string of the molecule is Cc1cc(C)c2c(c1)CC(=O)C1CCCCN1S2(=O)=O. The predicted molar refractivity (Wildman–Crippen MR) is 76.2 cm³/mol. The van der Waals surface area contributed by atoms with Gasteiger partial charge in [0.05, 0.1) is 10.9 Å². The average molecular weight is 293 g/mol. The minimum Gasteiger partial charge on any atom is -0.298 e. The molecule has 5 heteroatoms. The Labute approximate surface area is 119 Å². The molecule has 20 heavy (non-hydrogen) atoms. The molecule has 1 fully saturated rings. The summed E-state index contributed by atoms with van der Waals surface area (Å²) < 4.78 is 27.3. The van der Waals surface area contributed by atoms with Gasteiger partial charge in [0, 0.05) is 13.0 Å². The Morgan fingerprint density at radius 2 is 1.95 bits per heavy atom. The number of hydrogen-bond acceptors (Lipinski definition) is 3. The molecule has 2 aliphatic rings. The summed E-state index contributed by atoms with van der Waals surface area (Å²) in [7, 11) is -3.55. The van der Waals surface area contributed by atoms with Crippen LogP contribution >= 0.6 is 0 Å². The number of ketones is 1. The van der Waals surface area contributed by atoms with Crippen molar-refractivity contribution < 1.29 is 13.2 Å².